The van der Waals surface area contributed by atoms with Crippen LogP contribution in [0.25, 0.3) is 0 Å². The minimum Gasteiger partial charge on any atom is -0.461 e. The first-order valence-electron chi connectivity index (χ1n) is 3.88. The van der Waals surface area contributed by atoms with Crippen molar-refractivity contribution in [1.29, 1.82) is 5.26 Å². The maximum atomic E-state index is 10.5. The zero-order valence-electron chi connectivity index (χ0n) is 8.91. The van der Waals surface area contributed by atoms with E-state index in [1.54, 1.807) is 13.0 Å². The van der Waals surface area contributed by atoms with E-state index < -0.39 is 0 Å². The molecule has 0 radical (unpaired) electrons. The van der Waals surface area contributed by atoms with Gasteiger partial charge in [0.1, 0.15) is 6.61 Å². The summed E-state index contributed by atoms with van der Waals surface area (Å²) in [6, 6.07) is 1.75. The van der Waals surface area contributed by atoms with Crippen LogP contribution in [0.4, 0.5) is 0 Å². The summed E-state index contributed by atoms with van der Waals surface area (Å²) < 4.78 is 4.59. The van der Waals surface area contributed by atoms with E-state index in [4.69, 9.17) is 16.1 Å². The molecule has 0 aliphatic carbocycles. The Morgan fingerprint density at radius 3 is 2.21 bits per heavy atom. The number of esters is 1. The molecule has 0 amide bonds. The molecule has 0 aliphatic heterocycles. The highest BCUT2D eigenvalue weighted by molar-refractivity contribution is 5.86. The van der Waals surface area contributed by atoms with Crippen molar-refractivity contribution in [2.75, 3.05) is 20.3 Å². The molecule has 0 rings (SSSR count). The predicted molar refractivity (Wildman–Crippen MR) is 54.3 cm³/mol. The number of carbonyl (C=O) groups is 1. The Balaban J connectivity index is -0.000000205. The maximum absolute atomic E-state index is 10.5. The lowest BCUT2D eigenvalue weighted by molar-refractivity contribution is -0.138. The van der Waals surface area contributed by atoms with Gasteiger partial charge in [-0.2, -0.15) is 5.26 Å². The van der Waals surface area contributed by atoms with Gasteiger partial charge in [0.25, 0.3) is 0 Å². The predicted octanol–water partition coefficient (Wildman–Crippen LogP) is 0.203. The smallest absolute Gasteiger partial charge is 0.333 e. The molecule has 0 fully saturated rings. The van der Waals surface area contributed by atoms with Gasteiger partial charge in [-0.3, -0.25) is 0 Å². The first kappa shape index (κ1) is 18.4. The fourth-order valence-electron chi connectivity index (χ4n) is 0.275. The van der Waals surface area contributed by atoms with Gasteiger partial charge in [0.15, 0.2) is 0 Å². The zero-order chi connectivity index (χ0) is 12.0. The topological polar surface area (TPSA) is 96.3 Å². The second kappa shape index (κ2) is 17.6. The normalized spacial score (nSPS) is 6.57. The van der Waals surface area contributed by atoms with Crippen LogP contribution < -0.4 is 5.73 Å². The minimum absolute atomic E-state index is 0.270. The summed E-state index contributed by atoms with van der Waals surface area (Å²) in [5, 5.41) is 14.3. The molecule has 0 saturated carbocycles. The Labute approximate surface area is 84.8 Å². The maximum Gasteiger partial charge on any atom is 0.333 e. The van der Waals surface area contributed by atoms with E-state index in [0.29, 0.717) is 12.1 Å². The lowest BCUT2D eigenvalue weighted by Crippen LogP contribution is -2.13. The minimum atomic E-state index is -0.375. The monoisotopic (exact) mass is 202 g/mol. The zero-order valence-corrected chi connectivity index (χ0v) is 8.91. The fourth-order valence-corrected chi connectivity index (χ4v) is 0.275. The van der Waals surface area contributed by atoms with Gasteiger partial charge in [-0.15, -0.1) is 0 Å². The molecule has 0 spiro atoms. The van der Waals surface area contributed by atoms with Gasteiger partial charge in [0, 0.05) is 26.2 Å². The summed E-state index contributed by atoms with van der Waals surface area (Å²) in [6.07, 6.45) is 0. The van der Waals surface area contributed by atoms with E-state index in [1.807, 2.05) is 0 Å². The molecular formula is C9H18N2O3. The summed E-state index contributed by atoms with van der Waals surface area (Å²) in [4.78, 5) is 10.5. The molecule has 0 saturated heterocycles. The lowest BCUT2D eigenvalue weighted by Gasteiger charge is -1.99. The van der Waals surface area contributed by atoms with E-state index >= 15 is 0 Å². The quantitative estimate of drug-likeness (QED) is 0.503. The number of carbonyl (C=O) groups excluding carboxylic acids is 1. The summed E-state index contributed by atoms with van der Waals surface area (Å²) in [7, 11) is 1.00. The SMILES string of the molecule is C=C(C)C(=O)OCCN.CC#N.CO. The molecule has 0 unspecified atom stereocenters. The highest BCUT2D eigenvalue weighted by atomic mass is 16.5. The van der Waals surface area contributed by atoms with Gasteiger partial charge in [-0.25, -0.2) is 4.79 Å². The van der Waals surface area contributed by atoms with Crippen LogP contribution in [-0.2, 0) is 9.53 Å². The Morgan fingerprint density at radius 2 is 2.00 bits per heavy atom. The van der Waals surface area contributed by atoms with Crippen LogP contribution >= 0.6 is 0 Å². The molecule has 0 atom stereocenters. The van der Waals surface area contributed by atoms with Crippen LogP contribution in [-0.4, -0.2) is 31.3 Å². The number of hydrogen-bond acceptors (Lipinski definition) is 5. The average Bonchev–Trinajstić information content (AvgIpc) is 2.18. The van der Waals surface area contributed by atoms with Crippen molar-refractivity contribution in [3.05, 3.63) is 12.2 Å². The van der Waals surface area contributed by atoms with E-state index in [9.17, 15) is 4.79 Å². The summed E-state index contributed by atoms with van der Waals surface area (Å²) in [5.74, 6) is -0.375. The molecule has 82 valence electrons. The second-order valence-corrected chi connectivity index (χ2v) is 1.93. The number of nitriles is 1. The van der Waals surface area contributed by atoms with Crippen molar-refractivity contribution in [3.63, 3.8) is 0 Å². The third kappa shape index (κ3) is 22.4. The van der Waals surface area contributed by atoms with Crippen LogP contribution in [0.15, 0.2) is 12.2 Å². The molecule has 0 aromatic carbocycles. The molecule has 5 heteroatoms. The standard InChI is InChI=1S/C6H11NO2.C2H3N.CH4O/c1-5(2)6(8)9-4-3-7;1-2-3;1-2/h1,3-4,7H2,2H3;1H3;2H,1H3. The highest BCUT2D eigenvalue weighted by Crippen LogP contribution is 1.89. The molecule has 0 aromatic heterocycles. The lowest BCUT2D eigenvalue weighted by atomic mass is 10.4. The first-order chi connectivity index (χ1) is 6.59. The number of hydrogen-bond donors (Lipinski definition) is 2. The van der Waals surface area contributed by atoms with Crippen molar-refractivity contribution in [3.8, 4) is 6.07 Å². The van der Waals surface area contributed by atoms with E-state index in [1.165, 1.54) is 6.92 Å². The fraction of sp³-hybridized carbons (Fsp3) is 0.556. The number of nitrogens with two attached hydrogens (primary N) is 1. The van der Waals surface area contributed by atoms with Gasteiger partial charge in [0.2, 0.25) is 0 Å². The number of ether oxygens (including phenoxy) is 1. The van der Waals surface area contributed by atoms with Crippen LogP contribution in [0.3, 0.4) is 0 Å². The van der Waals surface area contributed by atoms with Gasteiger partial charge >= 0.3 is 5.97 Å². The molecule has 0 bridgehead atoms. The van der Waals surface area contributed by atoms with Gasteiger partial charge in [-0.1, -0.05) is 6.58 Å². The van der Waals surface area contributed by atoms with Crippen LogP contribution in [0.5, 0.6) is 0 Å². The average molecular weight is 202 g/mol. The molecule has 0 aliphatic rings. The molecular weight excluding hydrogens is 184 g/mol. The third-order valence-electron chi connectivity index (χ3n) is 0.699. The van der Waals surface area contributed by atoms with E-state index in [0.717, 1.165) is 7.11 Å². The Hall–Kier alpha value is -1.38. The van der Waals surface area contributed by atoms with Crippen LogP contribution in [0.2, 0.25) is 0 Å². The van der Waals surface area contributed by atoms with Gasteiger partial charge < -0.3 is 15.6 Å². The molecule has 14 heavy (non-hydrogen) atoms. The van der Waals surface area contributed by atoms with Crippen molar-refractivity contribution in [1.82, 2.24) is 0 Å². The van der Waals surface area contributed by atoms with Crippen molar-refractivity contribution in [2.45, 2.75) is 13.8 Å². The Kier molecular flexibility index (Phi) is 23.2. The molecule has 0 heterocycles. The molecule has 5 nitrogen and oxygen atoms in total. The van der Waals surface area contributed by atoms with Crippen LogP contribution in [0.1, 0.15) is 13.8 Å². The Bertz CT molecular complexity index is 185. The van der Waals surface area contributed by atoms with Crippen molar-refractivity contribution in [2.24, 2.45) is 5.73 Å². The number of nitrogens with zero attached hydrogens (tertiary/aromatic N) is 1. The summed E-state index contributed by atoms with van der Waals surface area (Å²) in [5.41, 5.74) is 5.48. The molecule has 3 N–H and O–H groups in total. The van der Waals surface area contributed by atoms with Crippen molar-refractivity contribution < 1.29 is 14.6 Å². The van der Waals surface area contributed by atoms with E-state index in [2.05, 4.69) is 11.3 Å². The largest absolute Gasteiger partial charge is 0.461 e. The highest BCUT2D eigenvalue weighted by Gasteiger charge is 1.99. The van der Waals surface area contributed by atoms with Crippen LogP contribution in [0, 0.1) is 11.3 Å². The number of aliphatic hydroxyl groups excluding tert-OH is 1. The first-order valence-corrected chi connectivity index (χ1v) is 3.88. The second-order valence-electron chi connectivity index (χ2n) is 1.93. The summed E-state index contributed by atoms with van der Waals surface area (Å²) in [6.45, 7) is 7.05. The van der Waals surface area contributed by atoms with Crippen molar-refractivity contribution >= 4 is 5.97 Å². The molecule has 0 aromatic rings. The van der Waals surface area contributed by atoms with Gasteiger partial charge in [0.05, 0.1) is 6.07 Å². The Morgan fingerprint density at radius 1 is 1.64 bits per heavy atom. The number of rotatable bonds is 3. The summed E-state index contributed by atoms with van der Waals surface area (Å²) >= 11 is 0. The van der Waals surface area contributed by atoms with E-state index in [-0.39, 0.29) is 12.6 Å². The number of aliphatic hydroxyl groups is 1. The third-order valence-corrected chi connectivity index (χ3v) is 0.699. The van der Waals surface area contributed by atoms with Gasteiger partial charge in [-0.05, 0) is 6.92 Å².